The van der Waals surface area contributed by atoms with E-state index in [-0.39, 0.29) is 11.7 Å². The Morgan fingerprint density at radius 2 is 1.71 bits per heavy atom. The molecule has 0 amide bonds. The van der Waals surface area contributed by atoms with Crippen LogP contribution in [0.2, 0.25) is 0 Å². The average Bonchev–Trinajstić information content (AvgIpc) is 2.56. The van der Waals surface area contributed by atoms with Gasteiger partial charge in [-0.3, -0.25) is 0 Å². The molecule has 128 valence electrons. The van der Waals surface area contributed by atoms with Crippen molar-refractivity contribution in [2.45, 2.75) is 19.4 Å². The van der Waals surface area contributed by atoms with E-state index in [1.54, 1.807) is 12.1 Å². The Morgan fingerprint density at radius 3 is 2.25 bits per heavy atom. The van der Waals surface area contributed by atoms with Crippen molar-refractivity contribution in [2.75, 3.05) is 20.6 Å². The minimum atomic E-state index is -1.08. The van der Waals surface area contributed by atoms with Crippen LogP contribution in [-0.2, 0) is 5.60 Å². The minimum Gasteiger partial charge on any atom is -0.380 e. The van der Waals surface area contributed by atoms with E-state index in [1.807, 2.05) is 57.4 Å². The summed E-state index contributed by atoms with van der Waals surface area (Å²) in [6, 6.07) is 16.0. The second kappa shape index (κ2) is 7.73. The van der Waals surface area contributed by atoms with Crippen LogP contribution in [0.4, 0.5) is 4.39 Å². The van der Waals surface area contributed by atoms with E-state index in [4.69, 9.17) is 0 Å². The molecule has 3 heteroatoms. The van der Waals surface area contributed by atoms with Crippen LogP contribution in [0.15, 0.2) is 60.2 Å². The first-order valence-electron chi connectivity index (χ1n) is 8.21. The van der Waals surface area contributed by atoms with Gasteiger partial charge in [-0.05, 0) is 49.9 Å². The average molecular weight is 327 g/mol. The van der Waals surface area contributed by atoms with Gasteiger partial charge in [0.25, 0.3) is 0 Å². The summed E-state index contributed by atoms with van der Waals surface area (Å²) in [5, 5.41) is 11.6. The molecule has 0 heterocycles. The minimum absolute atomic E-state index is 0.00778. The summed E-state index contributed by atoms with van der Waals surface area (Å²) in [5.74, 6) is -0.268. The summed E-state index contributed by atoms with van der Waals surface area (Å²) in [7, 11) is 4.00. The number of hydrogen-bond acceptors (Lipinski definition) is 2. The van der Waals surface area contributed by atoms with E-state index < -0.39 is 5.60 Å². The molecule has 0 radical (unpaired) electrons. The van der Waals surface area contributed by atoms with Crippen LogP contribution >= 0.6 is 0 Å². The molecule has 2 atom stereocenters. The third-order valence-corrected chi connectivity index (χ3v) is 4.42. The first-order valence-corrected chi connectivity index (χ1v) is 8.21. The fourth-order valence-corrected chi connectivity index (χ4v) is 3.19. The molecule has 0 saturated heterocycles. The molecule has 0 aliphatic rings. The van der Waals surface area contributed by atoms with Crippen molar-refractivity contribution >= 4 is 6.08 Å². The summed E-state index contributed by atoms with van der Waals surface area (Å²) in [6.45, 7) is 4.73. The van der Waals surface area contributed by atoms with Crippen LogP contribution in [0, 0.1) is 11.7 Å². The Bertz CT molecular complexity index is 679. The van der Waals surface area contributed by atoms with Crippen molar-refractivity contribution in [2.24, 2.45) is 5.92 Å². The Morgan fingerprint density at radius 1 is 1.12 bits per heavy atom. The number of benzene rings is 2. The standard InChI is InChI=1S/C21H26FNO/c1-16(14-18-10-12-20(22)13-11-18)21(24,17(2)15-23(3)4)19-8-6-5-7-9-19/h5-14,17,24H,15H2,1-4H3. The van der Waals surface area contributed by atoms with Gasteiger partial charge < -0.3 is 10.0 Å². The molecule has 0 fully saturated rings. The van der Waals surface area contributed by atoms with Crippen molar-refractivity contribution in [3.63, 3.8) is 0 Å². The van der Waals surface area contributed by atoms with Crippen LogP contribution in [-0.4, -0.2) is 30.6 Å². The van der Waals surface area contributed by atoms with E-state index in [9.17, 15) is 9.50 Å². The Hall–Kier alpha value is -1.97. The molecule has 0 aliphatic carbocycles. The maximum Gasteiger partial charge on any atom is 0.123 e. The van der Waals surface area contributed by atoms with Crippen molar-refractivity contribution in [3.8, 4) is 0 Å². The van der Waals surface area contributed by atoms with E-state index >= 15 is 0 Å². The third kappa shape index (κ3) is 4.11. The molecule has 0 aliphatic heterocycles. The van der Waals surface area contributed by atoms with Crippen LogP contribution in [0.1, 0.15) is 25.0 Å². The van der Waals surface area contributed by atoms with Gasteiger partial charge in [0.05, 0.1) is 0 Å². The number of aliphatic hydroxyl groups is 1. The van der Waals surface area contributed by atoms with Crippen LogP contribution in [0.5, 0.6) is 0 Å². The van der Waals surface area contributed by atoms with Crippen molar-refractivity contribution in [1.29, 1.82) is 0 Å². The van der Waals surface area contributed by atoms with Gasteiger partial charge in [0, 0.05) is 12.5 Å². The molecule has 0 saturated carbocycles. The number of hydrogen-bond donors (Lipinski definition) is 1. The molecule has 2 nitrogen and oxygen atoms in total. The lowest BCUT2D eigenvalue weighted by Crippen LogP contribution is -2.40. The quantitative estimate of drug-likeness (QED) is 0.854. The first-order chi connectivity index (χ1) is 11.3. The largest absolute Gasteiger partial charge is 0.380 e. The predicted octanol–water partition coefficient (Wildman–Crippen LogP) is 4.31. The molecular weight excluding hydrogens is 301 g/mol. The number of rotatable bonds is 6. The Balaban J connectivity index is 2.47. The lowest BCUT2D eigenvalue weighted by atomic mass is 9.76. The summed E-state index contributed by atoms with van der Waals surface area (Å²) < 4.78 is 13.1. The van der Waals surface area contributed by atoms with Gasteiger partial charge in [-0.15, -0.1) is 0 Å². The topological polar surface area (TPSA) is 23.5 Å². The second-order valence-corrected chi connectivity index (χ2v) is 6.67. The van der Waals surface area contributed by atoms with E-state index in [0.29, 0.717) is 0 Å². The van der Waals surface area contributed by atoms with Crippen molar-refractivity contribution < 1.29 is 9.50 Å². The lowest BCUT2D eigenvalue weighted by Gasteiger charge is -2.37. The molecule has 24 heavy (non-hydrogen) atoms. The summed E-state index contributed by atoms with van der Waals surface area (Å²) in [5.41, 5.74) is 1.50. The smallest absolute Gasteiger partial charge is 0.123 e. The van der Waals surface area contributed by atoms with E-state index in [0.717, 1.165) is 23.2 Å². The molecule has 0 bridgehead atoms. The molecule has 2 aromatic rings. The lowest BCUT2D eigenvalue weighted by molar-refractivity contribution is 0.0105. The zero-order valence-corrected chi connectivity index (χ0v) is 14.8. The SMILES string of the molecule is CC(=Cc1ccc(F)cc1)C(O)(c1ccccc1)C(C)CN(C)C. The Kier molecular flexibility index (Phi) is 5.92. The molecule has 2 unspecified atom stereocenters. The molecular formula is C21H26FNO. The highest BCUT2D eigenvalue weighted by molar-refractivity contribution is 5.56. The third-order valence-electron chi connectivity index (χ3n) is 4.42. The van der Waals surface area contributed by atoms with Crippen molar-refractivity contribution in [1.82, 2.24) is 4.90 Å². The van der Waals surface area contributed by atoms with Crippen molar-refractivity contribution in [3.05, 3.63) is 77.1 Å². The van der Waals surface area contributed by atoms with E-state index in [2.05, 4.69) is 11.8 Å². The van der Waals surface area contributed by atoms with Crippen LogP contribution in [0.25, 0.3) is 6.08 Å². The highest BCUT2D eigenvalue weighted by Crippen LogP contribution is 2.38. The number of nitrogens with zero attached hydrogens (tertiary/aromatic N) is 1. The molecule has 1 N–H and O–H groups in total. The normalized spacial score (nSPS) is 16.0. The van der Waals surface area contributed by atoms with Gasteiger partial charge in [0.15, 0.2) is 0 Å². The second-order valence-electron chi connectivity index (χ2n) is 6.67. The van der Waals surface area contributed by atoms with Gasteiger partial charge in [-0.25, -0.2) is 4.39 Å². The molecule has 2 rings (SSSR count). The van der Waals surface area contributed by atoms with Gasteiger partial charge in [-0.2, -0.15) is 0 Å². The van der Waals surface area contributed by atoms with Gasteiger partial charge in [0.2, 0.25) is 0 Å². The first kappa shape index (κ1) is 18.4. The van der Waals surface area contributed by atoms with E-state index in [1.165, 1.54) is 12.1 Å². The zero-order chi connectivity index (χ0) is 17.7. The van der Waals surface area contributed by atoms with Crippen LogP contribution < -0.4 is 0 Å². The maximum absolute atomic E-state index is 13.1. The molecule has 0 aromatic heterocycles. The predicted molar refractivity (Wildman–Crippen MR) is 98.1 cm³/mol. The van der Waals surface area contributed by atoms with Gasteiger partial charge >= 0.3 is 0 Å². The van der Waals surface area contributed by atoms with Gasteiger partial charge in [-0.1, -0.05) is 55.5 Å². The highest BCUT2D eigenvalue weighted by Gasteiger charge is 2.37. The molecule has 2 aromatic carbocycles. The maximum atomic E-state index is 13.1. The van der Waals surface area contributed by atoms with Crippen LogP contribution in [0.3, 0.4) is 0 Å². The number of halogens is 1. The fraction of sp³-hybridized carbons (Fsp3) is 0.333. The van der Waals surface area contributed by atoms with Gasteiger partial charge in [0.1, 0.15) is 11.4 Å². The highest BCUT2D eigenvalue weighted by atomic mass is 19.1. The summed E-state index contributed by atoms with van der Waals surface area (Å²) in [6.07, 6.45) is 1.93. The molecule has 0 spiro atoms. The summed E-state index contributed by atoms with van der Waals surface area (Å²) >= 11 is 0. The summed E-state index contributed by atoms with van der Waals surface area (Å²) in [4.78, 5) is 2.07. The monoisotopic (exact) mass is 327 g/mol. The zero-order valence-electron chi connectivity index (χ0n) is 14.8. The Labute approximate surface area is 144 Å². The fourth-order valence-electron chi connectivity index (χ4n) is 3.19.